The van der Waals surface area contributed by atoms with Crippen LogP contribution in [-0.4, -0.2) is 33.9 Å². The molecule has 0 bridgehead atoms. The lowest BCUT2D eigenvalue weighted by Crippen LogP contribution is -2.27. The van der Waals surface area contributed by atoms with Crippen molar-refractivity contribution in [3.63, 3.8) is 0 Å². The van der Waals surface area contributed by atoms with Crippen molar-refractivity contribution in [2.75, 3.05) is 18.8 Å². The number of nitrogens with zero attached hydrogens (tertiary/aromatic N) is 3. The first kappa shape index (κ1) is 24.0. The molecule has 1 saturated heterocycles. The predicted molar refractivity (Wildman–Crippen MR) is 141 cm³/mol. The summed E-state index contributed by atoms with van der Waals surface area (Å²) in [6.07, 6.45) is 2.60. The van der Waals surface area contributed by atoms with Gasteiger partial charge >= 0.3 is 0 Å². The summed E-state index contributed by atoms with van der Waals surface area (Å²) >= 11 is 9.71. The summed E-state index contributed by atoms with van der Waals surface area (Å²) < 4.78 is 22.9. The van der Waals surface area contributed by atoms with E-state index < -0.39 is 0 Å². The molecule has 0 spiro atoms. The first-order chi connectivity index (χ1) is 16.9. The highest BCUT2D eigenvalue weighted by Crippen LogP contribution is 2.37. The zero-order valence-corrected chi connectivity index (χ0v) is 21.5. The normalized spacial score (nSPS) is 18.3. The molecule has 0 aliphatic carbocycles. The van der Waals surface area contributed by atoms with Crippen LogP contribution in [0.4, 0.5) is 10.1 Å². The molecule has 0 unspecified atom stereocenters. The van der Waals surface area contributed by atoms with E-state index in [0.717, 1.165) is 52.1 Å². The van der Waals surface area contributed by atoms with Crippen LogP contribution in [-0.2, 0) is 11.2 Å². The summed E-state index contributed by atoms with van der Waals surface area (Å²) in [5.74, 6) is -0.280. The zero-order chi connectivity index (χ0) is 24.5. The molecular formula is C27H25BrClFN4O. The molecule has 1 aliphatic heterocycles. The number of nitrogen functional groups attached to an aromatic ring is 1. The second-order valence-electron chi connectivity index (χ2n) is 8.76. The predicted octanol–water partition coefficient (Wildman–Crippen LogP) is 6.64. The summed E-state index contributed by atoms with van der Waals surface area (Å²) in [4.78, 5) is 2.31. The third-order valence-corrected chi connectivity index (χ3v) is 7.01. The Morgan fingerprint density at radius 1 is 1.11 bits per heavy atom. The summed E-state index contributed by atoms with van der Waals surface area (Å²) in [5, 5.41) is 5.46. The molecule has 0 radical (unpaired) electrons. The van der Waals surface area contributed by atoms with Crippen molar-refractivity contribution in [3.8, 4) is 16.9 Å². The minimum Gasteiger partial charge on any atom is -0.398 e. The van der Waals surface area contributed by atoms with Crippen LogP contribution < -0.4 is 5.73 Å². The first-order valence-electron chi connectivity index (χ1n) is 11.4. The molecule has 3 aromatic carbocycles. The standard InChI is InChI=1S/C27H25BrClFN4O/c1-17-15-33(13-12-18-2-11-25(31)24(29)14-18)27(35-17)23-16-34(22-9-5-20(28)6-10-22)32-26(23)19-3-7-21(30)8-4-19/h2-11,14,16-17,27H,12-13,15,31H2,1H3/t17-,27-/m1/s1. The molecule has 2 heterocycles. The monoisotopic (exact) mass is 554 g/mol. The molecule has 2 atom stereocenters. The summed E-state index contributed by atoms with van der Waals surface area (Å²) in [7, 11) is 0. The van der Waals surface area contributed by atoms with Crippen LogP contribution >= 0.6 is 27.5 Å². The van der Waals surface area contributed by atoms with E-state index in [9.17, 15) is 4.39 Å². The fourth-order valence-corrected chi connectivity index (χ4v) is 4.85. The average molecular weight is 556 g/mol. The molecule has 1 aromatic heterocycles. The van der Waals surface area contributed by atoms with E-state index >= 15 is 0 Å². The molecular weight excluding hydrogens is 531 g/mol. The van der Waals surface area contributed by atoms with Gasteiger partial charge in [0, 0.05) is 34.9 Å². The minimum absolute atomic E-state index is 0.0621. The maximum Gasteiger partial charge on any atom is 0.140 e. The van der Waals surface area contributed by atoms with Gasteiger partial charge in [-0.15, -0.1) is 0 Å². The van der Waals surface area contributed by atoms with Crippen molar-refractivity contribution >= 4 is 33.2 Å². The first-order valence-corrected chi connectivity index (χ1v) is 12.6. The SMILES string of the molecule is C[C@@H]1CN(CCc2ccc(N)c(Cl)c2)[C@@H](c2cn(-c3ccc(Br)cc3)nc2-c2ccc(F)cc2)O1. The van der Waals surface area contributed by atoms with Crippen LogP contribution in [0.5, 0.6) is 0 Å². The Labute approximate surface area is 217 Å². The van der Waals surface area contributed by atoms with E-state index in [1.165, 1.54) is 12.1 Å². The lowest BCUT2D eigenvalue weighted by Gasteiger charge is -2.23. The number of ether oxygens (including phenoxy) is 1. The van der Waals surface area contributed by atoms with Crippen molar-refractivity contribution in [2.24, 2.45) is 0 Å². The molecule has 2 N–H and O–H groups in total. The van der Waals surface area contributed by atoms with Crippen molar-refractivity contribution in [2.45, 2.75) is 25.7 Å². The summed E-state index contributed by atoms with van der Waals surface area (Å²) in [6, 6.07) is 20.1. The molecule has 1 fully saturated rings. The van der Waals surface area contributed by atoms with Gasteiger partial charge in [0.1, 0.15) is 12.0 Å². The van der Waals surface area contributed by atoms with Gasteiger partial charge in [-0.1, -0.05) is 33.6 Å². The number of hydrogen-bond acceptors (Lipinski definition) is 4. The fraction of sp³-hybridized carbons (Fsp3) is 0.222. The second-order valence-corrected chi connectivity index (χ2v) is 10.1. The van der Waals surface area contributed by atoms with Crippen LogP contribution in [0.25, 0.3) is 16.9 Å². The number of benzene rings is 3. The Morgan fingerprint density at radius 2 is 1.86 bits per heavy atom. The number of rotatable bonds is 6. The Kier molecular flexibility index (Phi) is 6.93. The van der Waals surface area contributed by atoms with Gasteiger partial charge in [-0.2, -0.15) is 5.10 Å². The third-order valence-electron chi connectivity index (χ3n) is 6.15. The second kappa shape index (κ2) is 10.1. The molecule has 5 nitrogen and oxygen atoms in total. The molecule has 180 valence electrons. The number of hydrogen-bond donors (Lipinski definition) is 1. The lowest BCUT2D eigenvalue weighted by atomic mass is 10.1. The van der Waals surface area contributed by atoms with Crippen molar-refractivity contribution in [1.82, 2.24) is 14.7 Å². The van der Waals surface area contributed by atoms with E-state index in [0.29, 0.717) is 10.7 Å². The third kappa shape index (κ3) is 5.28. The van der Waals surface area contributed by atoms with Gasteiger partial charge in [-0.3, -0.25) is 4.90 Å². The Hall–Kier alpha value is -2.71. The molecule has 4 aromatic rings. The van der Waals surface area contributed by atoms with Crippen LogP contribution in [0.1, 0.15) is 24.3 Å². The quantitative estimate of drug-likeness (QED) is 0.271. The van der Waals surface area contributed by atoms with Gasteiger partial charge < -0.3 is 10.5 Å². The average Bonchev–Trinajstić information content (AvgIpc) is 3.44. The Balaban J connectivity index is 1.49. The number of halogens is 3. The van der Waals surface area contributed by atoms with E-state index in [2.05, 4.69) is 27.8 Å². The summed E-state index contributed by atoms with van der Waals surface area (Å²) in [6.45, 7) is 3.64. The van der Waals surface area contributed by atoms with Crippen molar-refractivity contribution in [1.29, 1.82) is 0 Å². The number of aromatic nitrogens is 2. The molecule has 8 heteroatoms. The summed E-state index contributed by atoms with van der Waals surface area (Å²) in [5.41, 5.74) is 11.0. The van der Waals surface area contributed by atoms with Gasteiger partial charge in [-0.05, 0) is 79.6 Å². The van der Waals surface area contributed by atoms with Gasteiger partial charge in [0.25, 0.3) is 0 Å². The number of nitrogens with two attached hydrogens (primary N) is 1. The maximum atomic E-state index is 13.7. The van der Waals surface area contributed by atoms with E-state index in [4.69, 9.17) is 27.2 Å². The highest BCUT2D eigenvalue weighted by molar-refractivity contribution is 9.10. The highest BCUT2D eigenvalue weighted by Gasteiger charge is 2.34. The minimum atomic E-state index is -0.280. The van der Waals surface area contributed by atoms with E-state index in [1.807, 2.05) is 53.3 Å². The fourth-order valence-electron chi connectivity index (χ4n) is 4.38. The zero-order valence-electron chi connectivity index (χ0n) is 19.2. The molecule has 35 heavy (non-hydrogen) atoms. The van der Waals surface area contributed by atoms with Crippen LogP contribution in [0, 0.1) is 5.82 Å². The lowest BCUT2D eigenvalue weighted by molar-refractivity contribution is 0.00521. The van der Waals surface area contributed by atoms with Crippen molar-refractivity contribution in [3.05, 3.63) is 99.4 Å². The molecule has 1 aliphatic rings. The molecule has 5 rings (SSSR count). The van der Waals surface area contributed by atoms with Gasteiger partial charge in [0.05, 0.1) is 28.2 Å². The van der Waals surface area contributed by atoms with E-state index in [-0.39, 0.29) is 18.1 Å². The maximum absolute atomic E-state index is 13.7. The topological polar surface area (TPSA) is 56.3 Å². The molecule has 0 saturated carbocycles. The molecule has 0 amide bonds. The van der Waals surface area contributed by atoms with Gasteiger partial charge in [0.2, 0.25) is 0 Å². The van der Waals surface area contributed by atoms with Crippen LogP contribution in [0.15, 0.2) is 77.4 Å². The number of anilines is 1. The Morgan fingerprint density at radius 3 is 2.57 bits per heavy atom. The van der Waals surface area contributed by atoms with Gasteiger partial charge in [0.15, 0.2) is 0 Å². The van der Waals surface area contributed by atoms with Crippen LogP contribution in [0.2, 0.25) is 5.02 Å². The highest BCUT2D eigenvalue weighted by atomic mass is 79.9. The largest absolute Gasteiger partial charge is 0.398 e. The van der Waals surface area contributed by atoms with Crippen molar-refractivity contribution < 1.29 is 9.13 Å². The van der Waals surface area contributed by atoms with Gasteiger partial charge in [-0.25, -0.2) is 9.07 Å². The van der Waals surface area contributed by atoms with Crippen LogP contribution in [0.3, 0.4) is 0 Å². The smallest absolute Gasteiger partial charge is 0.140 e. The Bertz CT molecular complexity index is 1330. The van der Waals surface area contributed by atoms with E-state index in [1.54, 1.807) is 12.1 Å².